The van der Waals surface area contributed by atoms with Gasteiger partial charge in [-0.25, -0.2) is 14.6 Å². The van der Waals surface area contributed by atoms with Crippen LogP contribution in [0, 0.1) is 0 Å². The molecule has 126 valence electrons. The Hall–Kier alpha value is -3.06. The van der Waals surface area contributed by atoms with Crippen molar-refractivity contribution in [3.63, 3.8) is 0 Å². The zero-order valence-corrected chi connectivity index (χ0v) is 15.0. The van der Waals surface area contributed by atoms with Gasteiger partial charge in [0.2, 0.25) is 5.91 Å². The molecule has 0 saturated carbocycles. The summed E-state index contributed by atoms with van der Waals surface area (Å²) in [7, 11) is 0. The molecular weight excluding hydrogens is 394 g/mol. The van der Waals surface area contributed by atoms with Crippen LogP contribution in [0.15, 0.2) is 65.5 Å². The molecule has 6 nitrogen and oxygen atoms in total. The number of halogens is 1. The number of hydrogen-bond donors (Lipinski definition) is 1. The number of hydrogen-bond acceptors (Lipinski definition) is 4. The van der Waals surface area contributed by atoms with E-state index in [1.165, 1.54) is 6.33 Å². The predicted octanol–water partition coefficient (Wildman–Crippen LogP) is 3.66. The second kappa shape index (κ2) is 5.74. The van der Waals surface area contributed by atoms with Crippen molar-refractivity contribution in [1.29, 1.82) is 0 Å². The van der Waals surface area contributed by atoms with E-state index in [1.54, 1.807) is 4.68 Å². The first kappa shape index (κ1) is 15.2. The summed E-state index contributed by atoms with van der Waals surface area (Å²) in [4.78, 5) is 21.4. The summed E-state index contributed by atoms with van der Waals surface area (Å²) in [6, 6.07) is 15.5. The van der Waals surface area contributed by atoms with Crippen LogP contribution in [0.3, 0.4) is 0 Å². The highest BCUT2D eigenvalue weighted by Gasteiger charge is 2.34. The molecule has 1 atom stereocenters. The highest BCUT2D eigenvalue weighted by atomic mass is 79.9. The molecule has 1 amide bonds. The Morgan fingerprint density at radius 2 is 1.92 bits per heavy atom. The van der Waals surface area contributed by atoms with Gasteiger partial charge < -0.3 is 5.32 Å². The zero-order valence-electron chi connectivity index (χ0n) is 13.4. The maximum atomic E-state index is 12.6. The fraction of sp³-hybridized carbons (Fsp3) is 0.0526. The molecule has 0 bridgehead atoms. The van der Waals surface area contributed by atoms with E-state index in [4.69, 9.17) is 0 Å². The molecule has 1 aliphatic rings. The first-order valence-electron chi connectivity index (χ1n) is 8.07. The molecule has 2 aromatic heterocycles. The van der Waals surface area contributed by atoms with Crippen LogP contribution in [0.1, 0.15) is 17.2 Å². The number of carbonyl (C=O) groups is 1. The number of benzene rings is 2. The Bertz CT molecular complexity index is 1160. The van der Waals surface area contributed by atoms with Crippen molar-refractivity contribution < 1.29 is 4.79 Å². The lowest BCUT2D eigenvalue weighted by Crippen LogP contribution is -2.14. The van der Waals surface area contributed by atoms with E-state index >= 15 is 0 Å². The normalized spacial score (nSPS) is 15.9. The van der Waals surface area contributed by atoms with E-state index in [-0.39, 0.29) is 5.91 Å². The van der Waals surface area contributed by atoms with Crippen molar-refractivity contribution in [3.05, 3.63) is 76.8 Å². The Morgan fingerprint density at radius 1 is 1.08 bits per heavy atom. The average Bonchev–Trinajstić information content (AvgIpc) is 3.23. The molecule has 1 unspecified atom stereocenters. The van der Waals surface area contributed by atoms with Crippen molar-refractivity contribution in [2.45, 2.75) is 5.92 Å². The van der Waals surface area contributed by atoms with Crippen LogP contribution in [-0.2, 0) is 4.79 Å². The molecule has 5 rings (SSSR count). The van der Waals surface area contributed by atoms with E-state index in [2.05, 4.69) is 36.3 Å². The lowest BCUT2D eigenvalue weighted by molar-refractivity contribution is -0.116. The lowest BCUT2D eigenvalue weighted by Gasteiger charge is -2.09. The van der Waals surface area contributed by atoms with Crippen LogP contribution >= 0.6 is 15.9 Å². The molecule has 0 radical (unpaired) electrons. The molecule has 3 heterocycles. The minimum atomic E-state index is -0.485. The first-order chi connectivity index (χ1) is 12.7. The summed E-state index contributed by atoms with van der Waals surface area (Å²) in [6.45, 7) is 0. The maximum absolute atomic E-state index is 12.6. The molecule has 0 aliphatic carbocycles. The zero-order chi connectivity index (χ0) is 17.7. The highest BCUT2D eigenvalue weighted by molar-refractivity contribution is 9.10. The van der Waals surface area contributed by atoms with Crippen LogP contribution in [0.5, 0.6) is 0 Å². The number of amides is 1. The van der Waals surface area contributed by atoms with E-state index in [1.807, 2.05) is 54.7 Å². The molecule has 0 spiro atoms. The summed E-state index contributed by atoms with van der Waals surface area (Å²) in [6.07, 6.45) is 3.34. The Kier molecular flexibility index (Phi) is 3.36. The van der Waals surface area contributed by atoms with Crippen molar-refractivity contribution in [2.24, 2.45) is 0 Å². The Labute approximate surface area is 157 Å². The fourth-order valence-corrected chi connectivity index (χ4v) is 3.68. The minimum absolute atomic E-state index is 0.0921. The van der Waals surface area contributed by atoms with E-state index in [0.717, 1.165) is 26.8 Å². The number of anilines is 1. The van der Waals surface area contributed by atoms with Crippen LogP contribution in [0.4, 0.5) is 5.69 Å². The van der Waals surface area contributed by atoms with Crippen molar-refractivity contribution >= 4 is 38.6 Å². The number of carbonyl (C=O) groups excluding carboxylic acids is 1. The number of nitrogens with one attached hydrogen (secondary N) is 1. The Morgan fingerprint density at radius 3 is 2.77 bits per heavy atom. The van der Waals surface area contributed by atoms with Gasteiger partial charge in [-0.15, -0.1) is 5.10 Å². The standard InChI is InChI=1S/C19H12BrN5O/c20-11-6-7-15-13(8-11)16(19(26)23-15)17-14-9-25(12-4-2-1-3-5-12)24-18(14)22-10-21-17/h1-10,16H,(H,23,26). The number of fused-ring (bicyclic) bond motifs is 2. The first-order valence-corrected chi connectivity index (χ1v) is 8.86. The second-order valence-corrected chi connectivity index (χ2v) is 6.97. The van der Waals surface area contributed by atoms with Crippen molar-refractivity contribution in [1.82, 2.24) is 19.7 Å². The number of rotatable bonds is 2. The summed E-state index contributed by atoms with van der Waals surface area (Å²) in [5.41, 5.74) is 3.86. The van der Waals surface area contributed by atoms with Crippen LogP contribution < -0.4 is 5.32 Å². The van der Waals surface area contributed by atoms with E-state index in [9.17, 15) is 4.79 Å². The molecule has 1 aliphatic heterocycles. The largest absolute Gasteiger partial charge is 0.325 e. The molecule has 0 fully saturated rings. The van der Waals surface area contributed by atoms with Gasteiger partial charge in [0.15, 0.2) is 5.65 Å². The van der Waals surface area contributed by atoms with Crippen LogP contribution in [0.25, 0.3) is 16.7 Å². The Balaban J connectivity index is 1.70. The monoisotopic (exact) mass is 405 g/mol. The van der Waals surface area contributed by atoms with Gasteiger partial charge in [-0.05, 0) is 35.9 Å². The SMILES string of the molecule is O=C1Nc2ccc(Br)cc2C1c1ncnc2nn(-c3ccccc3)cc12. The summed E-state index contributed by atoms with van der Waals surface area (Å²) >= 11 is 3.48. The maximum Gasteiger partial charge on any atom is 0.238 e. The second-order valence-electron chi connectivity index (χ2n) is 6.06. The molecule has 0 saturated heterocycles. The molecule has 4 aromatic rings. The molecule has 2 aromatic carbocycles. The lowest BCUT2D eigenvalue weighted by atomic mass is 9.95. The van der Waals surface area contributed by atoms with Crippen molar-refractivity contribution in [3.8, 4) is 5.69 Å². The quantitative estimate of drug-likeness (QED) is 0.552. The molecule has 1 N–H and O–H groups in total. The van der Waals surface area contributed by atoms with Gasteiger partial charge >= 0.3 is 0 Å². The van der Waals surface area contributed by atoms with Crippen molar-refractivity contribution in [2.75, 3.05) is 5.32 Å². The smallest absolute Gasteiger partial charge is 0.238 e. The van der Waals surface area contributed by atoms with Crippen LogP contribution in [-0.4, -0.2) is 25.7 Å². The summed E-state index contributed by atoms with van der Waals surface area (Å²) in [5.74, 6) is -0.577. The molecular formula is C19H12BrN5O. The summed E-state index contributed by atoms with van der Waals surface area (Å²) < 4.78 is 2.68. The number of para-hydroxylation sites is 1. The number of nitrogens with zero attached hydrogens (tertiary/aromatic N) is 4. The van der Waals surface area contributed by atoms with Gasteiger partial charge in [0, 0.05) is 16.4 Å². The third-order valence-electron chi connectivity index (χ3n) is 4.49. The van der Waals surface area contributed by atoms with Gasteiger partial charge in [0.1, 0.15) is 12.2 Å². The highest BCUT2D eigenvalue weighted by Crippen LogP contribution is 2.39. The van der Waals surface area contributed by atoms with Gasteiger partial charge in [-0.1, -0.05) is 34.1 Å². The fourth-order valence-electron chi connectivity index (χ4n) is 3.30. The minimum Gasteiger partial charge on any atom is -0.325 e. The summed E-state index contributed by atoms with van der Waals surface area (Å²) in [5, 5.41) is 8.24. The van der Waals surface area contributed by atoms with Gasteiger partial charge in [-0.3, -0.25) is 4.79 Å². The van der Waals surface area contributed by atoms with Gasteiger partial charge in [0.05, 0.1) is 16.8 Å². The van der Waals surface area contributed by atoms with E-state index < -0.39 is 5.92 Å². The topological polar surface area (TPSA) is 72.7 Å². The third-order valence-corrected chi connectivity index (χ3v) is 4.98. The van der Waals surface area contributed by atoms with Gasteiger partial charge in [-0.2, -0.15) is 0 Å². The average molecular weight is 406 g/mol. The predicted molar refractivity (Wildman–Crippen MR) is 101 cm³/mol. The molecule has 26 heavy (non-hydrogen) atoms. The van der Waals surface area contributed by atoms with Gasteiger partial charge in [0.25, 0.3) is 0 Å². The van der Waals surface area contributed by atoms with Crippen LogP contribution in [0.2, 0.25) is 0 Å². The number of aromatic nitrogens is 4. The molecule has 7 heteroatoms. The third kappa shape index (κ3) is 2.32. The van der Waals surface area contributed by atoms with E-state index in [0.29, 0.717) is 11.3 Å².